The SMILES string of the molecule is CCC(C)C(C)C(=O)Nc1ccc(OCC(=O)O)cc1C. The summed E-state index contributed by atoms with van der Waals surface area (Å²) in [5.74, 6) is -0.289. The van der Waals surface area contributed by atoms with Gasteiger partial charge in [-0.2, -0.15) is 0 Å². The van der Waals surface area contributed by atoms with Crippen molar-refractivity contribution >= 4 is 17.6 Å². The lowest BCUT2D eigenvalue weighted by atomic mass is 9.93. The molecule has 0 aliphatic carbocycles. The van der Waals surface area contributed by atoms with Crippen molar-refractivity contribution in [1.82, 2.24) is 0 Å². The van der Waals surface area contributed by atoms with Gasteiger partial charge in [0.05, 0.1) is 0 Å². The molecule has 0 saturated carbocycles. The highest BCUT2D eigenvalue weighted by molar-refractivity contribution is 5.93. The Hall–Kier alpha value is -2.04. The van der Waals surface area contributed by atoms with Crippen molar-refractivity contribution in [3.63, 3.8) is 0 Å². The van der Waals surface area contributed by atoms with Crippen LogP contribution in [0.3, 0.4) is 0 Å². The average Bonchev–Trinajstić information content (AvgIpc) is 2.45. The zero-order valence-electron chi connectivity index (χ0n) is 13.0. The predicted octanol–water partition coefficient (Wildman–Crippen LogP) is 3.08. The smallest absolute Gasteiger partial charge is 0.341 e. The van der Waals surface area contributed by atoms with Crippen LogP contribution >= 0.6 is 0 Å². The largest absolute Gasteiger partial charge is 0.482 e. The third-order valence-corrected chi connectivity index (χ3v) is 3.73. The van der Waals surface area contributed by atoms with Crippen molar-refractivity contribution in [2.45, 2.75) is 34.1 Å². The second kappa shape index (κ2) is 7.67. The van der Waals surface area contributed by atoms with Crippen LogP contribution in [-0.2, 0) is 9.59 Å². The summed E-state index contributed by atoms with van der Waals surface area (Å²) in [6, 6.07) is 5.10. The maximum absolute atomic E-state index is 12.1. The molecule has 0 fully saturated rings. The van der Waals surface area contributed by atoms with Gasteiger partial charge in [0.25, 0.3) is 0 Å². The molecular weight excluding hydrogens is 270 g/mol. The van der Waals surface area contributed by atoms with Gasteiger partial charge in [0.15, 0.2) is 6.61 Å². The Labute approximate surface area is 125 Å². The van der Waals surface area contributed by atoms with Gasteiger partial charge in [0, 0.05) is 11.6 Å². The molecular formula is C16H23NO4. The highest BCUT2D eigenvalue weighted by atomic mass is 16.5. The number of ether oxygens (including phenoxy) is 1. The van der Waals surface area contributed by atoms with Crippen molar-refractivity contribution in [1.29, 1.82) is 0 Å². The van der Waals surface area contributed by atoms with Crippen LogP contribution in [0.4, 0.5) is 5.69 Å². The van der Waals surface area contributed by atoms with Crippen LogP contribution in [0.25, 0.3) is 0 Å². The fourth-order valence-electron chi connectivity index (χ4n) is 1.87. The van der Waals surface area contributed by atoms with Crippen LogP contribution in [0.15, 0.2) is 18.2 Å². The van der Waals surface area contributed by atoms with E-state index in [1.807, 2.05) is 13.8 Å². The fraction of sp³-hybridized carbons (Fsp3) is 0.500. The van der Waals surface area contributed by atoms with Gasteiger partial charge in [0.2, 0.25) is 5.91 Å². The van der Waals surface area contributed by atoms with Gasteiger partial charge in [-0.25, -0.2) is 4.79 Å². The van der Waals surface area contributed by atoms with E-state index in [1.54, 1.807) is 18.2 Å². The highest BCUT2D eigenvalue weighted by Crippen LogP contribution is 2.23. The number of carboxylic acids is 1. The van der Waals surface area contributed by atoms with E-state index in [-0.39, 0.29) is 18.4 Å². The zero-order chi connectivity index (χ0) is 16.0. The molecule has 0 aliphatic rings. The molecule has 2 atom stereocenters. The van der Waals surface area contributed by atoms with Crippen LogP contribution in [0.1, 0.15) is 32.8 Å². The van der Waals surface area contributed by atoms with Crippen molar-refractivity contribution in [2.75, 3.05) is 11.9 Å². The molecule has 0 spiro atoms. The third-order valence-electron chi connectivity index (χ3n) is 3.73. The minimum atomic E-state index is -1.02. The molecule has 1 aromatic rings. The van der Waals surface area contributed by atoms with Gasteiger partial charge in [-0.15, -0.1) is 0 Å². The molecule has 5 heteroatoms. The first kappa shape index (κ1) is 17.0. The molecule has 1 rings (SSSR count). The number of rotatable bonds is 7. The van der Waals surface area contributed by atoms with Crippen LogP contribution < -0.4 is 10.1 Å². The van der Waals surface area contributed by atoms with Gasteiger partial charge in [0.1, 0.15) is 5.75 Å². The molecule has 1 amide bonds. The van der Waals surface area contributed by atoms with Crippen molar-refractivity contribution in [3.05, 3.63) is 23.8 Å². The molecule has 2 unspecified atom stereocenters. The van der Waals surface area contributed by atoms with E-state index in [0.717, 1.165) is 17.7 Å². The molecule has 116 valence electrons. The molecule has 21 heavy (non-hydrogen) atoms. The number of aryl methyl sites for hydroxylation is 1. The third kappa shape index (κ3) is 5.10. The Balaban J connectivity index is 2.72. The number of benzene rings is 1. The summed E-state index contributed by atoms with van der Waals surface area (Å²) in [4.78, 5) is 22.6. The van der Waals surface area contributed by atoms with E-state index in [0.29, 0.717) is 11.7 Å². The van der Waals surface area contributed by atoms with Crippen molar-refractivity contribution in [3.8, 4) is 5.75 Å². The first-order chi connectivity index (χ1) is 9.85. The second-order valence-corrected chi connectivity index (χ2v) is 5.32. The van der Waals surface area contributed by atoms with Gasteiger partial charge in [-0.05, 0) is 36.6 Å². The van der Waals surface area contributed by atoms with Gasteiger partial charge >= 0.3 is 5.97 Å². The highest BCUT2D eigenvalue weighted by Gasteiger charge is 2.19. The zero-order valence-corrected chi connectivity index (χ0v) is 13.0. The van der Waals surface area contributed by atoms with E-state index in [4.69, 9.17) is 9.84 Å². The molecule has 0 heterocycles. The maximum atomic E-state index is 12.1. The van der Waals surface area contributed by atoms with E-state index in [1.165, 1.54) is 0 Å². The lowest BCUT2D eigenvalue weighted by Gasteiger charge is -2.18. The molecule has 0 radical (unpaired) electrons. The van der Waals surface area contributed by atoms with E-state index < -0.39 is 5.97 Å². The fourth-order valence-corrected chi connectivity index (χ4v) is 1.87. The summed E-state index contributed by atoms with van der Waals surface area (Å²) in [7, 11) is 0. The minimum Gasteiger partial charge on any atom is -0.482 e. The second-order valence-electron chi connectivity index (χ2n) is 5.32. The van der Waals surface area contributed by atoms with Gasteiger partial charge in [-0.1, -0.05) is 27.2 Å². The van der Waals surface area contributed by atoms with Crippen LogP contribution in [-0.4, -0.2) is 23.6 Å². The summed E-state index contributed by atoms with van der Waals surface area (Å²) in [6.07, 6.45) is 0.954. The number of hydrogen-bond donors (Lipinski definition) is 2. The normalized spacial score (nSPS) is 13.3. The number of hydrogen-bond acceptors (Lipinski definition) is 3. The summed E-state index contributed by atoms with van der Waals surface area (Å²) < 4.78 is 5.10. The average molecular weight is 293 g/mol. The Kier molecular flexibility index (Phi) is 6.21. The van der Waals surface area contributed by atoms with Crippen molar-refractivity contribution in [2.24, 2.45) is 11.8 Å². The number of aliphatic carboxylic acids is 1. The molecule has 5 nitrogen and oxygen atoms in total. The lowest BCUT2D eigenvalue weighted by Crippen LogP contribution is -2.25. The number of anilines is 1. The molecule has 0 saturated heterocycles. The van der Waals surface area contributed by atoms with Gasteiger partial charge in [-0.3, -0.25) is 4.79 Å². The number of carbonyl (C=O) groups is 2. The van der Waals surface area contributed by atoms with Crippen LogP contribution in [0.5, 0.6) is 5.75 Å². The maximum Gasteiger partial charge on any atom is 0.341 e. The Morgan fingerprint density at radius 2 is 2.00 bits per heavy atom. The molecule has 0 aromatic heterocycles. The number of amides is 1. The van der Waals surface area contributed by atoms with Crippen LogP contribution in [0, 0.1) is 18.8 Å². The summed E-state index contributed by atoms with van der Waals surface area (Å²) in [5.41, 5.74) is 1.56. The van der Waals surface area contributed by atoms with E-state index in [9.17, 15) is 9.59 Å². The quantitative estimate of drug-likeness (QED) is 0.810. The monoisotopic (exact) mass is 293 g/mol. The minimum absolute atomic E-state index is 0.00773. The molecule has 0 aliphatic heterocycles. The lowest BCUT2D eigenvalue weighted by molar-refractivity contribution is -0.139. The molecule has 0 bridgehead atoms. The topological polar surface area (TPSA) is 75.6 Å². The summed E-state index contributed by atoms with van der Waals surface area (Å²) in [6.45, 7) is 7.50. The Morgan fingerprint density at radius 1 is 1.33 bits per heavy atom. The first-order valence-electron chi connectivity index (χ1n) is 7.11. The first-order valence-corrected chi connectivity index (χ1v) is 7.11. The van der Waals surface area contributed by atoms with E-state index in [2.05, 4.69) is 19.2 Å². The molecule has 1 aromatic carbocycles. The summed E-state index contributed by atoms with van der Waals surface area (Å²) in [5, 5.41) is 11.5. The number of carbonyl (C=O) groups excluding carboxylic acids is 1. The Morgan fingerprint density at radius 3 is 2.52 bits per heavy atom. The van der Waals surface area contributed by atoms with Crippen molar-refractivity contribution < 1.29 is 19.4 Å². The van der Waals surface area contributed by atoms with Crippen LogP contribution in [0.2, 0.25) is 0 Å². The molecule has 2 N–H and O–H groups in total. The van der Waals surface area contributed by atoms with Gasteiger partial charge < -0.3 is 15.2 Å². The van der Waals surface area contributed by atoms with E-state index >= 15 is 0 Å². The predicted molar refractivity (Wildman–Crippen MR) is 81.6 cm³/mol. The number of nitrogens with one attached hydrogen (secondary N) is 1. The summed E-state index contributed by atoms with van der Waals surface area (Å²) >= 11 is 0. The Bertz CT molecular complexity index is 513. The number of carboxylic acid groups (broad SMARTS) is 1. The standard InChI is InChI=1S/C16H23NO4/c1-5-10(2)12(4)16(20)17-14-7-6-13(8-11(14)3)21-9-15(18)19/h6-8,10,12H,5,9H2,1-4H3,(H,17,20)(H,18,19).